The van der Waals surface area contributed by atoms with Crippen molar-refractivity contribution in [3.05, 3.63) is 60.2 Å². The van der Waals surface area contributed by atoms with Crippen LogP contribution in [0.1, 0.15) is 24.8 Å². The normalized spacial score (nSPS) is 13.9. The van der Waals surface area contributed by atoms with E-state index in [1.54, 1.807) is 7.05 Å². The number of guanidine groups is 1. The van der Waals surface area contributed by atoms with E-state index in [9.17, 15) is 0 Å². The summed E-state index contributed by atoms with van der Waals surface area (Å²) < 4.78 is 11.8. The first kappa shape index (κ1) is 21.3. The molecule has 1 saturated carbocycles. The summed E-state index contributed by atoms with van der Waals surface area (Å²) in [6.45, 7) is 1.92. The van der Waals surface area contributed by atoms with Gasteiger partial charge in [-0.05, 0) is 37.5 Å². The van der Waals surface area contributed by atoms with Crippen LogP contribution in [0.25, 0.3) is 0 Å². The van der Waals surface area contributed by atoms with E-state index in [-0.39, 0.29) is 24.0 Å². The zero-order valence-corrected chi connectivity index (χ0v) is 18.0. The fourth-order valence-corrected chi connectivity index (χ4v) is 2.69. The lowest BCUT2D eigenvalue weighted by molar-refractivity contribution is 0.119. The van der Waals surface area contributed by atoms with E-state index in [2.05, 4.69) is 21.7 Å². The van der Waals surface area contributed by atoms with Gasteiger partial charge in [-0.25, -0.2) is 0 Å². The molecule has 1 aliphatic carbocycles. The Morgan fingerprint density at radius 3 is 2.48 bits per heavy atom. The molecule has 2 N–H and O–H groups in total. The molecule has 5 nitrogen and oxygen atoms in total. The molecule has 1 fully saturated rings. The van der Waals surface area contributed by atoms with Crippen molar-refractivity contribution in [2.24, 2.45) is 4.99 Å². The van der Waals surface area contributed by atoms with Crippen LogP contribution < -0.4 is 20.1 Å². The molecule has 146 valence electrons. The number of hydrogen-bond acceptors (Lipinski definition) is 3. The van der Waals surface area contributed by atoms with Crippen molar-refractivity contribution in [3.63, 3.8) is 0 Å². The summed E-state index contributed by atoms with van der Waals surface area (Å²) in [5.41, 5.74) is 1.14. The molecule has 27 heavy (non-hydrogen) atoms. The molecular formula is C21H28IN3O2. The average molecular weight is 481 g/mol. The van der Waals surface area contributed by atoms with Crippen LogP contribution in [0.5, 0.6) is 11.5 Å². The highest BCUT2D eigenvalue weighted by Gasteiger charge is 2.20. The Labute approximate surface area is 178 Å². The first-order chi connectivity index (χ1) is 12.8. The minimum absolute atomic E-state index is 0. The molecule has 0 heterocycles. The van der Waals surface area contributed by atoms with E-state index in [4.69, 9.17) is 9.47 Å². The van der Waals surface area contributed by atoms with Crippen LogP contribution >= 0.6 is 24.0 Å². The number of ether oxygens (including phenoxy) is 2. The predicted octanol–water partition coefficient (Wildman–Crippen LogP) is 3.98. The molecule has 0 aromatic heterocycles. The van der Waals surface area contributed by atoms with Crippen LogP contribution in [0.2, 0.25) is 0 Å². The van der Waals surface area contributed by atoms with Crippen LogP contribution in [0.15, 0.2) is 59.6 Å². The molecule has 0 saturated heterocycles. The molecule has 0 bridgehead atoms. The summed E-state index contributed by atoms with van der Waals surface area (Å²) in [5.74, 6) is 2.59. The van der Waals surface area contributed by atoms with Gasteiger partial charge in [0, 0.05) is 19.2 Å². The van der Waals surface area contributed by atoms with Gasteiger partial charge in [-0.3, -0.25) is 4.99 Å². The minimum Gasteiger partial charge on any atom is -0.492 e. The average Bonchev–Trinajstić information content (AvgIpc) is 2.66. The van der Waals surface area contributed by atoms with Crippen molar-refractivity contribution in [1.82, 2.24) is 10.6 Å². The smallest absolute Gasteiger partial charge is 0.191 e. The van der Waals surface area contributed by atoms with Crippen molar-refractivity contribution in [2.45, 2.75) is 31.9 Å². The molecule has 6 heteroatoms. The molecule has 0 spiro atoms. The summed E-state index contributed by atoms with van der Waals surface area (Å²) in [6, 6.07) is 18.0. The third kappa shape index (κ3) is 6.93. The van der Waals surface area contributed by atoms with Gasteiger partial charge in [-0.1, -0.05) is 36.4 Å². The Bertz CT molecular complexity index is 706. The number of benzene rings is 2. The summed E-state index contributed by atoms with van der Waals surface area (Å²) in [7, 11) is 1.77. The van der Waals surface area contributed by atoms with Gasteiger partial charge >= 0.3 is 0 Å². The van der Waals surface area contributed by atoms with Crippen LogP contribution in [0.4, 0.5) is 0 Å². The number of para-hydroxylation sites is 2. The van der Waals surface area contributed by atoms with Gasteiger partial charge in [-0.15, -0.1) is 24.0 Å². The van der Waals surface area contributed by atoms with E-state index in [1.165, 1.54) is 6.42 Å². The lowest BCUT2D eigenvalue weighted by Crippen LogP contribution is -2.39. The topological polar surface area (TPSA) is 54.9 Å². The Hall–Kier alpha value is -1.96. The van der Waals surface area contributed by atoms with E-state index in [0.29, 0.717) is 25.8 Å². The largest absolute Gasteiger partial charge is 0.492 e. The van der Waals surface area contributed by atoms with Gasteiger partial charge in [0.05, 0.1) is 12.6 Å². The predicted molar refractivity (Wildman–Crippen MR) is 120 cm³/mol. The van der Waals surface area contributed by atoms with Crippen LogP contribution in [-0.4, -0.2) is 32.3 Å². The third-order valence-electron chi connectivity index (χ3n) is 4.39. The molecule has 2 aromatic rings. The highest BCUT2D eigenvalue weighted by Crippen LogP contribution is 2.27. The summed E-state index contributed by atoms with van der Waals surface area (Å²) in [5, 5.41) is 6.60. The first-order valence-electron chi connectivity index (χ1n) is 9.22. The maximum Gasteiger partial charge on any atom is 0.191 e. The van der Waals surface area contributed by atoms with Gasteiger partial charge in [0.2, 0.25) is 0 Å². The molecule has 0 amide bonds. The Morgan fingerprint density at radius 1 is 1.04 bits per heavy atom. The van der Waals surface area contributed by atoms with Gasteiger partial charge in [0.25, 0.3) is 0 Å². The highest BCUT2D eigenvalue weighted by atomic mass is 127. The van der Waals surface area contributed by atoms with Crippen LogP contribution in [0, 0.1) is 0 Å². The second-order valence-corrected chi connectivity index (χ2v) is 6.29. The molecular weight excluding hydrogens is 453 g/mol. The monoisotopic (exact) mass is 481 g/mol. The zero-order valence-electron chi connectivity index (χ0n) is 15.7. The van der Waals surface area contributed by atoms with E-state index in [0.717, 1.165) is 35.9 Å². The molecule has 1 aliphatic rings. The standard InChI is InChI=1S/C21H27N3O2.HI/c1-22-21(23-14-15-25-18-9-3-2-4-10-18)24-16-17-8-5-6-13-20(17)26-19-11-7-12-19;/h2-6,8-10,13,19H,7,11-12,14-16H2,1H3,(H2,22,23,24);1H. The second-order valence-electron chi connectivity index (χ2n) is 6.29. The maximum absolute atomic E-state index is 6.07. The maximum atomic E-state index is 6.07. The molecule has 0 atom stereocenters. The summed E-state index contributed by atoms with van der Waals surface area (Å²) in [4.78, 5) is 4.26. The number of nitrogens with one attached hydrogen (secondary N) is 2. The SMILES string of the molecule is CN=C(NCCOc1ccccc1)NCc1ccccc1OC1CCC1.I. The quantitative estimate of drug-likeness (QED) is 0.259. The second kappa shape index (κ2) is 11.7. The van der Waals surface area contributed by atoms with E-state index < -0.39 is 0 Å². The van der Waals surface area contributed by atoms with Gasteiger partial charge < -0.3 is 20.1 Å². The van der Waals surface area contributed by atoms with Gasteiger partial charge in [0.15, 0.2) is 5.96 Å². The number of hydrogen-bond donors (Lipinski definition) is 2. The van der Waals surface area contributed by atoms with Crippen molar-refractivity contribution < 1.29 is 9.47 Å². The number of rotatable bonds is 8. The number of aliphatic imine (C=N–C) groups is 1. The van der Waals surface area contributed by atoms with Crippen molar-refractivity contribution >= 4 is 29.9 Å². The fraction of sp³-hybridized carbons (Fsp3) is 0.381. The zero-order chi connectivity index (χ0) is 18.0. The van der Waals surface area contributed by atoms with Crippen molar-refractivity contribution in [3.8, 4) is 11.5 Å². The third-order valence-corrected chi connectivity index (χ3v) is 4.39. The molecule has 0 aliphatic heterocycles. The molecule has 2 aromatic carbocycles. The van der Waals surface area contributed by atoms with Gasteiger partial charge in [-0.2, -0.15) is 0 Å². The van der Waals surface area contributed by atoms with Crippen molar-refractivity contribution in [2.75, 3.05) is 20.2 Å². The summed E-state index contributed by atoms with van der Waals surface area (Å²) >= 11 is 0. The lowest BCUT2D eigenvalue weighted by Gasteiger charge is -2.27. The van der Waals surface area contributed by atoms with E-state index in [1.807, 2.05) is 48.5 Å². The number of halogens is 1. The van der Waals surface area contributed by atoms with E-state index >= 15 is 0 Å². The Kier molecular flexibility index (Phi) is 9.24. The molecule has 0 unspecified atom stereocenters. The minimum atomic E-state index is 0. The molecule has 3 rings (SSSR count). The van der Waals surface area contributed by atoms with Crippen molar-refractivity contribution in [1.29, 1.82) is 0 Å². The van der Waals surface area contributed by atoms with Crippen LogP contribution in [-0.2, 0) is 6.54 Å². The van der Waals surface area contributed by atoms with Crippen LogP contribution in [0.3, 0.4) is 0 Å². The Morgan fingerprint density at radius 2 is 1.78 bits per heavy atom. The first-order valence-corrected chi connectivity index (χ1v) is 9.22. The highest BCUT2D eigenvalue weighted by molar-refractivity contribution is 14.0. The van der Waals surface area contributed by atoms with Gasteiger partial charge in [0.1, 0.15) is 18.1 Å². The fourth-order valence-electron chi connectivity index (χ4n) is 2.69. The molecule has 0 radical (unpaired) electrons. The summed E-state index contributed by atoms with van der Waals surface area (Å²) in [6.07, 6.45) is 3.97. The Balaban J connectivity index is 0.00000261. The number of nitrogens with zero attached hydrogens (tertiary/aromatic N) is 1. The lowest BCUT2D eigenvalue weighted by atomic mass is 9.96.